The molecule has 2 rings (SSSR count). The normalized spacial score (nSPS) is 10.6. The van der Waals surface area contributed by atoms with Gasteiger partial charge in [-0.3, -0.25) is 0 Å². The van der Waals surface area contributed by atoms with Crippen molar-refractivity contribution in [1.82, 2.24) is 9.97 Å². The summed E-state index contributed by atoms with van der Waals surface area (Å²) in [6, 6.07) is 8.39. The standard InChI is InChI=1S/C14H15ClN2/c1-4-11-6-5-7-12(8-11)13-9(2)14(15)17-10(3)16-13/h5-8H,4H2,1-3H3. The molecule has 1 aromatic heterocycles. The van der Waals surface area contributed by atoms with Gasteiger partial charge in [0.1, 0.15) is 11.0 Å². The molecule has 0 atom stereocenters. The van der Waals surface area contributed by atoms with E-state index in [-0.39, 0.29) is 0 Å². The lowest BCUT2D eigenvalue weighted by atomic mass is 10.0. The summed E-state index contributed by atoms with van der Waals surface area (Å²) >= 11 is 6.09. The molecule has 0 fully saturated rings. The van der Waals surface area contributed by atoms with Crippen LogP contribution < -0.4 is 0 Å². The van der Waals surface area contributed by atoms with Gasteiger partial charge < -0.3 is 0 Å². The largest absolute Gasteiger partial charge is 0.233 e. The van der Waals surface area contributed by atoms with E-state index in [4.69, 9.17) is 11.6 Å². The molecular formula is C14H15ClN2. The van der Waals surface area contributed by atoms with E-state index in [1.807, 2.05) is 13.8 Å². The molecule has 2 aromatic rings. The van der Waals surface area contributed by atoms with Crippen LogP contribution in [-0.4, -0.2) is 9.97 Å². The van der Waals surface area contributed by atoms with Gasteiger partial charge in [0, 0.05) is 11.1 Å². The highest BCUT2D eigenvalue weighted by molar-refractivity contribution is 6.30. The third-order valence-electron chi connectivity index (χ3n) is 2.81. The Morgan fingerprint density at radius 2 is 1.94 bits per heavy atom. The first-order valence-corrected chi connectivity index (χ1v) is 6.09. The lowest BCUT2D eigenvalue weighted by Gasteiger charge is -2.08. The van der Waals surface area contributed by atoms with Crippen molar-refractivity contribution in [2.24, 2.45) is 0 Å². The second-order valence-electron chi connectivity index (χ2n) is 4.09. The van der Waals surface area contributed by atoms with E-state index in [9.17, 15) is 0 Å². The van der Waals surface area contributed by atoms with Crippen LogP contribution in [0.1, 0.15) is 23.9 Å². The minimum Gasteiger partial charge on any atom is -0.233 e. The predicted octanol–water partition coefficient (Wildman–Crippen LogP) is 3.98. The molecule has 0 spiro atoms. The molecule has 88 valence electrons. The molecule has 17 heavy (non-hydrogen) atoms. The highest BCUT2D eigenvalue weighted by Gasteiger charge is 2.09. The van der Waals surface area contributed by atoms with E-state index in [0.717, 1.165) is 23.2 Å². The van der Waals surface area contributed by atoms with E-state index in [1.165, 1.54) is 5.56 Å². The molecule has 0 saturated heterocycles. The van der Waals surface area contributed by atoms with Gasteiger partial charge in [-0.25, -0.2) is 9.97 Å². The Morgan fingerprint density at radius 1 is 1.18 bits per heavy atom. The van der Waals surface area contributed by atoms with Crippen LogP contribution >= 0.6 is 11.6 Å². The van der Waals surface area contributed by atoms with Crippen molar-refractivity contribution in [3.8, 4) is 11.3 Å². The van der Waals surface area contributed by atoms with Crippen molar-refractivity contribution < 1.29 is 0 Å². The summed E-state index contributed by atoms with van der Waals surface area (Å²) in [6.07, 6.45) is 1.02. The molecule has 0 aliphatic carbocycles. The first-order valence-electron chi connectivity index (χ1n) is 5.72. The molecule has 2 nitrogen and oxygen atoms in total. The Hall–Kier alpha value is -1.41. The van der Waals surface area contributed by atoms with Gasteiger partial charge in [0.15, 0.2) is 0 Å². The average Bonchev–Trinajstić information content (AvgIpc) is 2.34. The lowest BCUT2D eigenvalue weighted by molar-refractivity contribution is 1.04. The number of nitrogens with zero attached hydrogens (tertiary/aromatic N) is 2. The van der Waals surface area contributed by atoms with Crippen molar-refractivity contribution in [2.45, 2.75) is 27.2 Å². The number of hydrogen-bond acceptors (Lipinski definition) is 2. The molecule has 0 saturated carbocycles. The number of halogens is 1. The van der Waals surface area contributed by atoms with Gasteiger partial charge in [0.2, 0.25) is 0 Å². The summed E-state index contributed by atoms with van der Waals surface area (Å²) < 4.78 is 0. The fourth-order valence-corrected chi connectivity index (χ4v) is 2.03. The maximum Gasteiger partial charge on any atom is 0.136 e. The van der Waals surface area contributed by atoms with Gasteiger partial charge >= 0.3 is 0 Å². The highest BCUT2D eigenvalue weighted by Crippen LogP contribution is 2.26. The van der Waals surface area contributed by atoms with Crippen LogP contribution in [0.4, 0.5) is 0 Å². The van der Waals surface area contributed by atoms with Crippen LogP contribution in [0, 0.1) is 13.8 Å². The van der Waals surface area contributed by atoms with Crippen LogP contribution in [0.2, 0.25) is 5.15 Å². The Balaban J connectivity index is 2.59. The Kier molecular flexibility index (Phi) is 3.43. The Morgan fingerprint density at radius 3 is 2.65 bits per heavy atom. The zero-order valence-corrected chi connectivity index (χ0v) is 11.0. The minimum absolute atomic E-state index is 0.536. The fourth-order valence-electron chi connectivity index (χ4n) is 1.81. The van der Waals surface area contributed by atoms with Gasteiger partial charge in [0.25, 0.3) is 0 Å². The smallest absolute Gasteiger partial charge is 0.136 e. The molecule has 0 bridgehead atoms. The van der Waals surface area contributed by atoms with E-state index in [1.54, 1.807) is 0 Å². The summed E-state index contributed by atoms with van der Waals surface area (Å²) in [5, 5.41) is 0.536. The summed E-state index contributed by atoms with van der Waals surface area (Å²) in [5.74, 6) is 0.706. The zero-order chi connectivity index (χ0) is 12.4. The van der Waals surface area contributed by atoms with Gasteiger partial charge in [-0.05, 0) is 31.9 Å². The van der Waals surface area contributed by atoms with Crippen LogP contribution in [0.5, 0.6) is 0 Å². The molecule has 0 N–H and O–H groups in total. The summed E-state index contributed by atoms with van der Waals surface area (Å²) in [4.78, 5) is 8.64. The van der Waals surface area contributed by atoms with Gasteiger partial charge in [-0.1, -0.05) is 36.7 Å². The second kappa shape index (κ2) is 4.84. The van der Waals surface area contributed by atoms with Crippen LogP contribution in [0.25, 0.3) is 11.3 Å². The monoisotopic (exact) mass is 246 g/mol. The van der Waals surface area contributed by atoms with Crippen LogP contribution in [0.15, 0.2) is 24.3 Å². The van der Waals surface area contributed by atoms with Crippen molar-refractivity contribution in [2.75, 3.05) is 0 Å². The summed E-state index contributed by atoms with van der Waals surface area (Å²) in [6.45, 7) is 5.96. The fraction of sp³-hybridized carbons (Fsp3) is 0.286. The number of rotatable bonds is 2. The van der Waals surface area contributed by atoms with E-state index in [2.05, 4.69) is 41.2 Å². The van der Waals surface area contributed by atoms with Crippen LogP contribution in [-0.2, 0) is 6.42 Å². The molecule has 0 unspecified atom stereocenters. The molecule has 0 radical (unpaired) electrons. The van der Waals surface area contributed by atoms with Crippen molar-refractivity contribution >= 4 is 11.6 Å². The second-order valence-corrected chi connectivity index (χ2v) is 4.45. The number of aromatic nitrogens is 2. The Bertz CT molecular complexity index is 550. The topological polar surface area (TPSA) is 25.8 Å². The maximum atomic E-state index is 6.09. The SMILES string of the molecule is CCc1cccc(-c2nc(C)nc(Cl)c2C)c1. The molecular weight excluding hydrogens is 232 g/mol. The molecule has 3 heteroatoms. The quantitative estimate of drug-likeness (QED) is 0.750. The van der Waals surface area contributed by atoms with Gasteiger partial charge in [-0.2, -0.15) is 0 Å². The van der Waals surface area contributed by atoms with Crippen LogP contribution in [0.3, 0.4) is 0 Å². The third-order valence-corrected chi connectivity index (χ3v) is 3.17. The summed E-state index contributed by atoms with van der Waals surface area (Å²) in [7, 11) is 0. The van der Waals surface area contributed by atoms with Gasteiger partial charge in [0.05, 0.1) is 5.69 Å². The minimum atomic E-state index is 0.536. The van der Waals surface area contributed by atoms with Crippen molar-refractivity contribution in [1.29, 1.82) is 0 Å². The van der Waals surface area contributed by atoms with E-state index < -0.39 is 0 Å². The molecule has 1 aromatic carbocycles. The Labute approximate surface area is 107 Å². The van der Waals surface area contributed by atoms with E-state index in [0.29, 0.717) is 11.0 Å². The maximum absolute atomic E-state index is 6.09. The predicted molar refractivity (Wildman–Crippen MR) is 71.3 cm³/mol. The lowest BCUT2D eigenvalue weighted by Crippen LogP contribution is -1.97. The molecule has 0 amide bonds. The molecule has 0 aliphatic rings. The number of aryl methyl sites for hydroxylation is 2. The first kappa shape index (κ1) is 12.1. The van der Waals surface area contributed by atoms with Crippen molar-refractivity contribution in [3.05, 3.63) is 46.4 Å². The zero-order valence-electron chi connectivity index (χ0n) is 10.3. The van der Waals surface area contributed by atoms with Gasteiger partial charge in [-0.15, -0.1) is 0 Å². The van der Waals surface area contributed by atoms with Crippen molar-refractivity contribution in [3.63, 3.8) is 0 Å². The highest BCUT2D eigenvalue weighted by atomic mass is 35.5. The number of hydrogen-bond donors (Lipinski definition) is 0. The molecule has 1 heterocycles. The average molecular weight is 247 g/mol. The third kappa shape index (κ3) is 2.47. The summed E-state index contributed by atoms with van der Waals surface area (Å²) in [5.41, 5.74) is 4.27. The first-order chi connectivity index (χ1) is 8.11. The molecule has 0 aliphatic heterocycles. The van der Waals surface area contributed by atoms with E-state index >= 15 is 0 Å². The number of benzene rings is 1.